The fraction of sp³-hybridized carbons (Fsp3) is 0. The summed E-state index contributed by atoms with van der Waals surface area (Å²) in [6, 6.07) is 13.5. The van der Waals surface area contributed by atoms with Gasteiger partial charge in [0.1, 0.15) is 0 Å². The highest BCUT2D eigenvalue weighted by Gasteiger charge is 2.12. The lowest BCUT2D eigenvalue weighted by Crippen LogP contribution is -2.80. The van der Waals surface area contributed by atoms with Crippen molar-refractivity contribution in [3.05, 3.63) is 59.9 Å². The van der Waals surface area contributed by atoms with Gasteiger partial charge in [0.05, 0.1) is 11.3 Å². The van der Waals surface area contributed by atoms with E-state index >= 15 is 0 Å². The summed E-state index contributed by atoms with van der Waals surface area (Å²) in [5, 5.41) is 12.9. The van der Waals surface area contributed by atoms with Gasteiger partial charge in [0.25, 0.3) is 5.89 Å². The molecule has 1 heterocycles. The molecule has 0 amide bonds. The minimum atomic E-state index is -1.01. The molecular weight excluding hydrogens is 298 g/mol. The van der Waals surface area contributed by atoms with E-state index in [4.69, 9.17) is 15.5 Å². The molecule has 8 heteroatoms. The Balaban J connectivity index is 1.88. The van der Waals surface area contributed by atoms with Gasteiger partial charge < -0.3 is 21.0 Å². The Kier molecular flexibility index (Phi) is 4.00. The maximum absolute atomic E-state index is 11.0. The normalized spacial score (nSPS) is 10.5. The van der Waals surface area contributed by atoms with Crippen LogP contribution in [0.1, 0.15) is 10.4 Å². The quantitative estimate of drug-likeness (QED) is 0.488. The zero-order chi connectivity index (χ0) is 16.2. The van der Waals surface area contributed by atoms with Crippen molar-refractivity contribution >= 4 is 11.7 Å². The molecule has 0 atom stereocenters. The van der Waals surface area contributed by atoms with Gasteiger partial charge in [-0.1, -0.05) is 17.3 Å². The van der Waals surface area contributed by atoms with Gasteiger partial charge in [-0.15, -0.1) is 0 Å². The van der Waals surface area contributed by atoms with Gasteiger partial charge in [0, 0.05) is 11.1 Å². The molecule has 0 fully saturated rings. The third kappa shape index (κ3) is 3.18. The molecule has 3 rings (SSSR count). The summed E-state index contributed by atoms with van der Waals surface area (Å²) in [7, 11) is 0. The third-order valence-corrected chi connectivity index (χ3v) is 3.16. The van der Waals surface area contributed by atoms with Crippen LogP contribution in [-0.2, 0) is 0 Å². The van der Waals surface area contributed by atoms with Gasteiger partial charge in [0.2, 0.25) is 5.82 Å². The van der Waals surface area contributed by atoms with E-state index in [0.29, 0.717) is 17.3 Å². The zero-order valence-electron chi connectivity index (χ0n) is 11.9. The van der Waals surface area contributed by atoms with Crippen molar-refractivity contribution in [2.45, 2.75) is 0 Å². The summed E-state index contributed by atoms with van der Waals surface area (Å²) >= 11 is 0. The summed E-state index contributed by atoms with van der Waals surface area (Å²) in [6.45, 7) is 0. The van der Waals surface area contributed by atoms with E-state index in [9.17, 15) is 4.79 Å². The Morgan fingerprint density at radius 3 is 2.65 bits per heavy atom. The molecule has 3 aromatic rings. The highest BCUT2D eigenvalue weighted by atomic mass is 16.5. The Labute approximate surface area is 130 Å². The molecule has 8 nitrogen and oxygen atoms in total. The van der Waals surface area contributed by atoms with Gasteiger partial charge in [-0.05, 0) is 36.4 Å². The molecule has 0 spiro atoms. The topological polar surface area (TPSA) is 129 Å². The van der Waals surface area contributed by atoms with Crippen molar-refractivity contribution in [3.8, 4) is 22.8 Å². The maximum atomic E-state index is 11.0. The Bertz CT molecular complexity index is 829. The second kappa shape index (κ2) is 6.26. The fourth-order valence-electron chi connectivity index (χ4n) is 2.04. The predicted octanol–water partition coefficient (Wildman–Crippen LogP) is 1.96. The van der Waals surface area contributed by atoms with Gasteiger partial charge in [-0.2, -0.15) is 4.98 Å². The summed E-state index contributed by atoms with van der Waals surface area (Å²) < 4.78 is 5.23. The number of aromatic carboxylic acids is 1. The van der Waals surface area contributed by atoms with Crippen LogP contribution in [0.4, 0.5) is 5.69 Å². The second-order valence-electron chi connectivity index (χ2n) is 4.68. The van der Waals surface area contributed by atoms with Crippen LogP contribution in [0.25, 0.3) is 28.7 Å². The SMILES string of the molecule is [NH-][NH2+]Nc1ccc(-c2nc(-c3cccc(C(=O)O)c3)no2)cc1. The van der Waals surface area contributed by atoms with E-state index < -0.39 is 5.97 Å². The number of quaternary nitrogens is 1. The number of carboxylic acid groups (broad SMARTS) is 1. The first-order chi connectivity index (χ1) is 11.2. The number of hydrogen-bond acceptors (Lipinski definition) is 5. The van der Waals surface area contributed by atoms with Crippen molar-refractivity contribution < 1.29 is 20.0 Å². The molecule has 0 radical (unpaired) electrons. The molecule has 5 N–H and O–H groups in total. The number of nitrogens with zero attached hydrogens (tertiary/aromatic N) is 2. The van der Waals surface area contributed by atoms with Crippen LogP contribution in [0.15, 0.2) is 53.1 Å². The number of anilines is 1. The number of carbonyl (C=O) groups is 1. The molecule has 23 heavy (non-hydrogen) atoms. The summed E-state index contributed by atoms with van der Waals surface area (Å²) in [5.41, 5.74) is 6.09. The fourth-order valence-corrected chi connectivity index (χ4v) is 2.04. The minimum absolute atomic E-state index is 0.163. The van der Waals surface area contributed by atoms with E-state index in [1.165, 1.54) is 12.1 Å². The van der Waals surface area contributed by atoms with Crippen LogP contribution in [0.2, 0.25) is 0 Å². The van der Waals surface area contributed by atoms with Crippen molar-refractivity contribution in [2.75, 3.05) is 5.43 Å². The number of nitrogens with one attached hydrogen (secondary N) is 2. The molecule has 0 bridgehead atoms. The van der Waals surface area contributed by atoms with E-state index in [1.807, 2.05) is 0 Å². The summed E-state index contributed by atoms with van der Waals surface area (Å²) in [4.78, 5) is 15.3. The number of benzene rings is 2. The molecule has 0 aliphatic rings. The first kappa shape index (κ1) is 14.7. The highest BCUT2D eigenvalue weighted by Crippen LogP contribution is 2.23. The molecule has 1 aromatic heterocycles. The minimum Gasteiger partial charge on any atom is -0.478 e. The molecule has 2 aromatic carbocycles. The van der Waals surface area contributed by atoms with Gasteiger partial charge in [0.15, 0.2) is 0 Å². The monoisotopic (exact) mass is 311 g/mol. The number of nitrogen functional groups attached to an aromatic ring is 1. The third-order valence-electron chi connectivity index (χ3n) is 3.16. The number of hydrogen-bond donors (Lipinski definition) is 3. The van der Waals surface area contributed by atoms with Gasteiger partial charge in [-0.3, -0.25) is 0 Å². The largest absolute Gasteiger partial charge is 0.478 e. The number of aromatic nitrogens is 2. The van der Waals surface area contributed by atoms with Crippen LogP contribution in [0.5, 0.6) is 0 Å². The predicted molar refractivity (Wildman–Crippen MR) is 82.0 cm³/mol. The van der Waals surface area contributed by atoms with E-state index in [1.54, 1.807) is 36.4 Å². The first-order valence-corrected chi connectivity index (χ1v) is 6.71. The van der Waals surface area contributed by atoms with Crippen LogP contribution in [-0.4, -0.2) is 21.2 Å². The van der Waals surface area contributed by atoms with Crippen LogP contribution >= 0.6 is 0 Å². The Hall–Kier alpha value is -3.23. The Morgan fingerprint density at radius 2 is 1.96 bits per heavy atom. The molecule has 116 valence electrons. The average molecular weight is 311 g/mol. The molecule has 0 aliphatic carbocycles. The smallest absolute Gasteiger partial charge is 0.335 e. The lowest BCUT2D eigenvalue weighted by Gasteiger charge is -2.04. The molecule has 0 unspecified atom stereocenters. The lowest BCUT2D eigenvalue weighted by atomic mass is 10.1. The van der Waals surface area contributed by atoms with Gasteiger partial charge in [-0.25, -0.2) is 10.2 Å². The van der Waals surface area contributed by atoms with E-state index in [2.05, 4.69) is 15.6 Å². The van der Waals surface area contributed by atoms with Crippen LogP contribution in [0, 0.1) is 0 Å². The van der Waals surface area contributed by atoms with Crippen LogP contribution in [0.3, 0.4) is 0 Å². The second-order valence-corrected chi connectivity index (χ2v) is 4.68. The maximum Gasteiger partial charge on any atom is 0.335 e. The first-order valence-electron chi connectivity index (χ1n) is 6.71. The molecule has 0 saturated carbocycles. The van der Waals surface area contributed by atoms with Gasteiger partial charge >= 0.3 is 5.97 Å². The van der Waals surface area contributed by atoms with E-state index in [-0.39, 0.29) is 5.56 Å². The van der Waals surface area contributed by atoms with E-state index in [0.717, 1.165) is 16.8 Å². The number of carboxylic acids is 1. The number of rotatable bonds is 5. The average Bonchev–Trinajstić information content (AvgIpc) is 3.06. The zero-order valence-corrected chi connectivity index (χ0v) is 11.9. The van der Waals surface area contributed by atoms with Crippen LogP contribution < -0.4 is 11.0 Å². The molecule has 0 aliphatic heterocycles. The summed E-state index contributed by atoms with van der Waals surface area (Å²) in [6.07, 6.45) is 0. The lowest BCUT2D eigenvalue weighted by molar-refractivity contribution is -0.556. The Morgan fingerprint density at radius 1 is 1.17 bits per heavy atom. The van der Waals surface area contributed by atoms with Crippen molar-refractivity contribution in [1.82, 2.24) is 10.1 Å². The van der Waals surface area contributed by atoms with Crippen molar-refractivity contribution in [2.24, 2.45) is 0 Å². The highest BCUT2D eigenvalue weighted by molar-refractivity contribution is 5.89. The van der Waals surface area contributed by atoms with Crippen molar-refractivity contribution in [1.29, 1.82) is 0 Å². The number of nitrogens with two attached hydrogens (primary N) is 1. The summed E-state index contributed by atoms with van der Waals surface area (Å²) in [5.74, 6) is 6.63. The molecule has 0 saturated heterocycles. The van der Waals surface area contributed by atoms with Crippen molar-refractivity contribution in [3.63, 3.8) is 0 Å². The standard InChI is InChI=1S/C15H13N5O3/c16-20-18-12-6-4-9(5-7-12)14-17-13(19-23-14)10-2-1-3-11(8-10)15(21)22/h1-8,16,18H,20H2,(H,21,22). The molecular formula is C15H13N5O3.